The molecule has 1 aromatic heterocycles. The van der Waals surface area contributed by atoms with Gasteiger partial charge in [0.15, 0.2) is 5.43 Å². The fourth-order valence-electron chi connectivity index (χ4n) is 3.36. The predicted octanol–water partition coefficient (Wildman–Crippen LogP) is 3.97. The van der Waals surface area contributed by atoms with Crippen molar-refractivity contribution in [2.75, 3.05) is 12.4 Å². The first-order valence-electron chi connectivity index (χ1n) is 9.20. The number of amides is 1. The molecule has 3 aromatic rings. The molecule has 0 aliphatic heterocycles. The summed E-state index contributed by atoms with van der Waals surface area (Å²) in [7, 11) is 1.54. The largest absolute Gasteiger partial charge is 0.495 e. The van der Waals surface area contributed by atoms with Gasteiger partial charge in [0.25, 0.3) is 5.91 Å². The van der Waals surface area contributed by atoms with Crippen LogP contribution in [0.15, 0.2) is 65.5 Å². The monoisotopic (exact) mass is 376 g/mol. The molecule has 5 heteroatoms. The van der Waals surface area contributed by atoms with Gasteiger partial charge in [0.05, 0.1) is 12.8 Å². The lowest BCUT2D eigenvalue weighted by Gasteiger charge is -2.18. The normalized spacial score (nSPS) is 10.5. The number of benzene rings is 2. The number of aromatic nitrogens is 1. The maximum atomic E-state index is 12.9. The highest BCUT2D eigenvalue weighted by molar-refractivity contribution is 6.05. The van der Waals surface area contributed by atoms with Gasteiger partial charge >= 0.3 is 0 Å². The van der Waals surface area contributed by atoms with Crippen molar-refractivity contribution in [3.05, 3.63) is 93.4 Å². The van der Waals surface area contributed by atoms with Gasteiger partial charge < -0.3 is 14.6 Å². The van der Waals surface area contributed by atoms with Crippen LogP contribution < -0.4 is 15.5 Å². The van der Waals surface area contributed by atoms with Crippen LogP contribution in [0, 0.1) is 13.8 Å². The van der Waals surface area contributed by atoms with Crippen LogP contribution in [-0.2, 0) is 13.0 Å². The van der Waals surface area contributed by atoms with Crippen molar-refractivity contribution >= 4 is 11.6 Å². The summed E-state index contributed by atoms with van der Waals surface area (Å²) in [6.45, 7) is 4.40. The van der Waals surface area contributed by atoms with E-state index in [0.29, 0.717) is 23.7 Å². The Kier molecular flexibility index (Phi) is 5.94. The first kappa shape index (κ1) is 19.4. The van der Waals surface area contributed by atoms with E-state index in [-0.39, 0.29) is 11.0 Å². The van der Waals surface area contributed by atoms with Crippen LogP contribution in [-0.4, -0.2) is 17.6 Å². The fraction of sp³-hybridized carbons (Fsp3) is 0.217. The molecular weight excluding hydrogens is 352 g/mol. The average molecular weight is 376 g/mol. The van der Waals surface area contributed by atoms with E-state index >= 15 is 0 Å². The van der Waals surface area contributed by atoms with Gasteiger partial charge in [0.2, 0.25) is 0 Å². The molecular formula is C23H24N2O3. The van der Waals surface area contributed by atoms with E-state index in [1.807, 2.05) is 42.7 Å². The van der Waals surface area contributed by atoms with Gasteiger partial charge in [-0.25, -0.2) is 0 Å². The molecule has 3 rings (SSSR count). The van der Waals surface area contributed by atoms with E-state index in [0.717, 1.165) is 12.1 Å². The van der Waals surface area contributed by atoms with Crippen molar-refractivity contribution in [3.63, 3.8) is 0 Å². The summed E-state index contributed by atoms with van der Waals surface area (Å²) >= 11 is 0. The number of ether oxygens (including phenoxy) is 1. The fourth-order valence-corrected chi connectivity index (χ4v) is 3.36. The Balaban J connectivity index is 1.90. The molecule has 1 heterocycles. The number of hydrogen-bond donors (Lipinski definition) is 1. The molecule has 0 aliphatic rings. The SMILES string of the molecule is COc1ccccc1NC(=O)c1c(C)n(CCc2ccccc2)c(C)cc1=O. The minimum absolute atomic E-state index is 0.157. The summed E-state index contributed by atoms with van der Waals surface area (Å²) in [5.41, 5.74) is 3.12. The molecule has 1 amide bonds. The minimum Gasteiger partial charge on any atom is -0.495 e. The Morgan fingerprint density at radius 1 is 1.04 bits per heavy atom. The number of nitrogens with one attached hydrogen (secondary N) is 1. The van der Waals surface area contributed by atoms with Gasteiger partial charge in [0.1, 0.15) is 11.3 Å². The first-order chi connectivity index (χ1) is 13.5. The van der Waals surface area contributed by atoms with Gasteiger partial charge in [-0.05, 0) is 38.0 Å². The lowest BCUT2D eigenvalue weighted by Crippen LogP contribution is -2.27. The topological polar surface area (TPSA) is 60.3 Å². The van der Waals surface area contributed by atoms with Crippen molar-refractivity contribution < 1.29 is 9.53 Å². The highest BCUT2D eigenvalue weighted by atomic mass is 16.5. The Hall–Kier alpha value is -3.34. The summed E-state index contributed by atoms with van der Waals surface area (Å²) in [5.74, 6) is 0.116. The Bertz CT molecular complexity index is 1040. The summed E-state index contributed by atoms with van der Waals surface area (Å²) in [5, 5.41) is 2.80. The number of hydrogen-bond acceptors (Lipinski definition) is 3. The van der Waals surface area contributed by atoms with E-state index in [2.05, 4.69) is 17.4 Å². The summed E-state index contributed by atoms with van der Waals surface area (Å²) in [4.78, 5) is 25.4. The third-order valence-electron chi connectivity index (χ3n) is 4.83. The molecule has 5 nitrogen and oxygen atoms in total. The highest BCUT2D eigenvalue weighted by Gasteiger charge is 2.18. The molecule has 0 spiro atoms. The molecule has 0 saturated carbocycles. The van der Waals surface area contributed by atoms with Gasteiger partial charge in [-0.1, -0.05) is 42.5 Å². The number of anilines is 1. The average Bonchev–Trinajstić information content (AvgIpc) is 2.68. The number of carbonyl (C=O) groups is 1. The van der Waals surface area contributed by atoms with Gasteiger partial charge in [-0.3, -0.25) is 9.59 Å². The number of carbonyl (C=O) groups excluding carboxylic acids is 1. The first-order valence-corrected chi connectivity index (χ1v) is 9.20. The molecule has 28 heavy (non-hydrogen) atoms. The number of aryl methyl sites for hydroxylation is 2. The Morgan fingerprint density at radius 2 is 1.71 bits per heavy atom. The number of rotatable bonds is 6. The van der Waals surface area contributed by atoms with E-state index in [4.69, 9.17) is 4.74 Å². The van der Waals surface area contributed by atoms with Crippen molar-refractivity contribution in [2.45, 2.75) is 26.8 Å². The summed E-state index contributed by atoms with van der Waals surface area (Å²) in [6, 6.07) is 18.8. The molecule has 0 fully saturated rings. The quantitative estimate of drug-likeness (QED) is 0.708. The van der Waals surface area contributed by atoms with Crippen LogP contribution in [0.4, 0.5) is 5.69 Å². The maximum absolute atomic E-state index is 12.9. The van der Waals surface area contributed by atoms with Crippen LogP contribution in [0.2, 0.25) is 0 Å². The van der Waals surface area contributed by atoms with Crippen LogP contribution in [0.5, 0.6) is 5.75 Å². The zero-order valence-electron chi connectivity index (χ0n) is 16.4. The molecule has 0 bridgehead atoms. The van der Waals surface area contributed by atoms with E-state index in [9.17, 15) is 9.59 Å². The van der Waals surface area contributed by atoms with Gasteiger partial charge in [-0.15, -0.1) is 0 Å². The van der Waals surface area contributed by atoms with Crippen LogP contribution in [0.1, 0.15) is 27.3 Å². The second-order valence-corrected chi connectivity index (χ2v) is 6.65. The van der Waals surface area contributed by atoms with E-state index < -0.39 is 5.91 Å². The van der Waals surface area contributed by atoms with Crippen molar-refractivity contribution in [1.82, 2.24) is 4.57 Å². The molecule has 0 radical (unpaired) electrons. The van der Waals surface area contributed by atoms with Crippen LogP contribution >= 0.6 is 0 Å². The second kappa shape index (κ2) is 8.57. The Morgan fingerprint density at radius 3 is 2.43 bits per heavy atom. The highest BCUT2D eigenvalue weighted by Crippen LogP contribution is 2.23. The third-order valence-corrected chi connectivity index (χ3v) is 4.83. The summed E-state index contributed by atoms with van der Waals surface area (Å²) < 4.78 is 7.29. The minimum atomic E-state index is -0.430. The lowest BCUT2D eigenvalue weighted by molar-refractivity contribution is 0.102. The third kappa shape index (κ3) is 4.14. The number of methoxy groups -OCH3 is 1. The van der Waals surface area contributed by atoms with Gasteiger partial charge in [-0.2, -0.15) is 0 Å². The zero-order chi connectivity index (χ0) is 20.1. The number of nitrogens with zero attached hydrogens (tertiary/aromatic N) is 1. The molecule has 0 aliphatic carbocycles. The van der Waals surface area contributed by atoms with Crippen molar-refractivity contribution in [1.29, 1.82) is 0 Å². The number of pyridine rings is 1. The molecule has 144 valence electrons. The van der Waals surface area contributed by atoms with E-state index in [1.54, 1.807) is 25.3 Å². The zero-order valence-corrected chi connectivity index (χ0v) is 16.4. The standard InChI is InChI=1S/C23H24N2O3/c1-16-15-20(26)22(23(27)24-19-11-7-8-12-21(19)28-3)17(2)25(16)14-13-18-9-5-4-6-10-18/h4-12,15H,13-14H2,1-3H3,(H,24,27). The van der Waals surface area contributed by atoms with Crippen LogP contribution in [0.25, 0.3) is 0 Å². The lowest BCUT2D eigenvalue weighted by atomic mass is 10.1. The van der Waals surface area contributed by atoms with Gasteiger partial charge in [0, 0.05) is 24.0 Å². The van der Waals surface area contributed by atoms with Crippen LogP contribution in [0.3, 0.4) is 0 Å². The molecule has 0 unspecified atom stereocenters. The predicted molar refractivity (Wildman–Crippen MR) is 111 cm³/mol. The second-order valence-electron chi connectivity index (χ2n) is 6.65. The summed E-state index contributed by atoms with van der Waals surface area (Å²) in [6.07, 6.45) is 0.818. The van der Waals surface area contributed by atoms with Crippen molar-refractivity contribution in [3.8, 4) is 5.75 Å². The maximum Gasteiger partial charge on any atom is 0.261 e. The van der Waals surface area contributed by atoms with Crippen molar-refractivity contribution in [2.24, 2.45) is 0 Å². The number of para-hydroxylation sites is 2. The Labute approximate surface area is 164 Å². The van der Waals surface area contributed by atoms with E-state index in [1.165, 1.54) is 11.6 Å². The molecule has 1 N–H and O–H groups in total. The molecule has 0 saturated heterocycles. The molecule has 0 atom stereocenters. The smallest absolute Gasteiger partial charge is 0.261 e. The molecule has 2 aromatic carbocycles.